The third kappa shape index (κ3) is 4.26. The fourth-order valence-electron chi connectivity index (χ4n) is 1.46. The highest BCUT2D eigenvalue weighted by molar-refractivity contribution is 6.18. The number of hydrogen-bond donors (Lipinski definition) is 3. The van der Waals surface area contributed by atoms with E-state index in [1.807, 2.05) is 0 Å². The normalized spacial score (nSPS) is 25.3. The van der Waals surface area contributed by atoms with Crippen LogP contribution in [-0.4, -0.2) is 35.7 Å². The second kappa shape index (κ2) is 6.22. The summed E-state index contributed by atoms with van der Waals surface area (Å²) >= 11 is 5.45. The molecule has 1 aliphatic heterocycles. The van der Waals surface area contributed by atoms with Crippen molar-refractivity contribution >= 4 is 17.5 Å². The number of hydrogen-bond acceptors (Lipinski definition) is 3. The number of carbonyl (C=O) groups is 1. The molecular weight excluding hydrogens is 204 g/mol. The van der Waals surface area contributed by atoms with Gasteiger partial charge in [-0.15, -0.1) is 11.6 Å². The molecule has 0 radical (unpaired) electrons. The predicted octanol–water partition coefficient (Wildman–Crippen LogP) is 0.192. The largest absolute Gasteiger partial charge is 0.391 e. The van der Waals surface area contributed by atoms with Crippen LogP contribution in [0.2, 0.25) is 0 Å². The van der Waals surface area contributed by atoms with Crippen LogP contribution in [0, 0.1) is 0 Å². The van der Waals surface area contributed by atoms with Gasteiger partial charge in [-0.2, -0.15) is 0 Å². The summed E-state index contributed by atoms with van der Waals surface area (Å²) in [6, 6.07) is 0. The Kier molecular flexibility index (Phi) is 5.22. The average Bonchev–Trinajstić information content (AvgIpc) is 2.39. The van der Waals surface area contributed by atoms with Crippen molar-refractivity contribution in [3.63, 3.8) is 0 Å². The Hall–Kier alpha value is -0.320. The summed E-state index contributed by atoms with van der Waals surface area (Å²) in [6.07, 6.45) is 2.95. The summed E-state index contributed by atoms with van der Waals surface area (Å²) in [6.45, 7) is 0.425. The second-order valence-electron chi connectivity index (χ2n) is 3.58. The molecule has 1 fully saturated rings. The summed E-state index contributed by atoms with van der Waals surface area (Å²) in [5.74, 6) is 0.300. The number of nitrogens with one attached hydrogen (secondary N) is 2. The number of alkyl halides is 1. The van der Waals surface area contributed by atoms with Gasteiger partial charge in [0.15, 0.2) is 0 Å². The Morgan fingerprint density at radius 3 is 3.14 bits per heavy atom. The molecule has 0 aromatic heterocycles. The highest BCUT2D eigenvalue weighted by atomic mass is 35.5. The Morgan fingerprint density at radius 1 is 1.64 bits per heavy atom. The van der Waals surface area contributed by atoms with Crippen LogP contribution in [-0.2, 0) is 4.79 Å². The van der Waals surface area contributed by atoms with Crippen LogP contribution in [0.15, 0.2) is 0 Å². The van der Waals surface area contributed by atoms with Crippen LogP contribution in [0.1, 0.15) is 25.7 Å². The topological polar surface area (TPSA) is 61.4 Å². The van der Waals surface area contributed by atoms with Crippen LogP contribution >= 0.6 is 11.6 Å². The number of aliphatic hydroxyl groups excluding tert-OH is 1. The predicted molar refractivity (Wildman–Crippen MR) is 55.1 cm³/mol. The minimum absolute atomic E-state index is 0.0112. The van der Waals surface area contributed by atoms with Gasteiger partial charge in [0.2, 0.25) is 5.91 Å². The molecular formula is C9H17ClN2O2. The molecule has 1 rings (SSSR count). The van der Waals surface area contributed by atoms with Gasteiger partial charge in [0, 0.05) is 18.8 Å². The van der Waals surface area contributed by atoms with Crippen LogP contribution in [0.5, 0.6) is 0 Å². The highest BCUT2D eigenvalue weighted by Gasteiger charge is 2.16. The van der Waals surface area contributed by atoms with E-state index in [1.54, 1.807) is 0 Å². The third-order valence-corrected chi connectivity index (χ3v) is 2.62. The fourth-order valence-corrected chi connectivity index (χ4v) is 1.57. The maximum Gasteiger partial charge on any atom is 0.221 e. The molecule has 0 saturated carbocycles. The molecule has 0 aromatic carbocycles. The first-order valence-electron chi connectivity index (χ1n) is 4.99. The second-order valence-corrected chi connectivity index (χ2v) is 3.89. The van der Waals surface area contributed by atoms with E-state index in [0.717, 1.165) is 19.3 Å². The van der Waals surface area contributed by atoms with Crippen LogP contribution in [0.25, 0.3) is 0 Å². The van der Waals surface area contributed by atoms with E-state index in [4.69, 9.17) is 11.6 Å². The Morgan fingerprint density at radius 2 is 2.43 bits per heavy atom. The molecule has 0 aromatic rings. The fraction of sp³-hybridized carbons (Fsp3) is 0.889. The van der Waals surface area contributed by atoms with Crippen molar-refractivity contribution in [2.75, 3.05) is 12.4 Å². The zero-order chi connectivity index (χ0) is 10.4. The van der Waals surface area contributed by atoms with Crippen LogP contribution in [0.3, 0.4) is 0 Å². The molecule has 0 bridgehead atoms. The number of amides is 1. The monoisotopic (exact) mass is 220 g/mol. The van der Waals surface area contributed by atoms with Gasteiger partial charge in [0.05, 0.1) is 12.3 Å². The van der Waals surface area contributed by atoms with Gasteiger partial charge < -0.3 is 10.4 Å². The van der Waals surface area contributed by atoms with Gasteiger partial charge in [0.1, 0.15) is 0 Å². The minimum atomic E-state index is -0.545. The lowest BCUT2D eigenvalue weighted by Crippen LogP contribution is -2.46. The molecule has 1 amide bonds. The Balaban J connectivity index is 2.24. The number of rotatable bonds is 4. The van der Waals surface area contributed by atoms with E-state index in [0.29, 0.717) is 13.0 Å². The minimum Gasteiger partial charge on any atom is -0.391 e. The van der Waals surface area contributed by atoms with Gasteiger partial charge in [-0.25, -0.2) is 0 Å². The lowest BCUT2D eigenvalue weighted by molar-refractivity contribution is -0.121. The van der Waals surface area contributed by atoms with Crippen LogP contribution < -0.4 is 10.6 Å². The average molecular weight is 221 g/mol. The van der Waals surface area contributed by atoms with Gasteiger partial charge in [0.25, 0.3) is 0 Å². The molecule has 5 heteroatoms. The van der Waals surface area contributed by atoms with Gasteiger partial charge in [-0.1, -0.05) is 0 Å². The van der Waals surface area contributed by atoms with E-state index in [2.05, 4.69) is 10.6 Å². The molecule has 82 valence electrons. The molecule has 3 N–H and O–H groups in total. The van der Waals surface area contributed by atoms with Crippen molar-refractivity contribution in [1.82, 2.24) is 10.6 Å². The molecule has 2 atom stereocenters. The van der Waals surface area contributed by atoms with Crippen molar-refractivity contribution < 1.29 is 9.90 Å². The van der Waals surface area contributed by atoms with Gasteiger partial charge in [-0.3, -0.25) is 10.1 Å². The summed E-state index contributed by atoms with van der Waals surface area (Å²) in [5.41, 5.74) is 0. The van der Waals surface area contributed by atoms with E-state index in [1.165, 1.54) is 0 Å². The smallest absolute Gasteiger partial charge is 0.221 e. The quantitative estimate of drug-likeness (QED) is 0.593. The summed E-state index contributed by atoms with van der Waals surface area (Å²) in [7, 11) is 0. The van der Waals surface area contributed by atoms with Gasteiger partial charge in [-0.05, 0) is 19.3 Å². The van der Waals surface area contributed by atoms with Crippen molar-refractivity contribution in [2.45, 2.75) is 38.0 Å². The molecule has 1 heterocycles. The van der Waals surface area contributed by atoms with E-state index in [-0.39, 0.29) is 18.0 Å². The first-order chi connectivity index (χ1) is 6.72. The standard InChI is InChI=1S/C9H17ClN2O2/c10-5-7(13)6-11-8-3-1-2-4-9(14)12-8/h7-8,11,13H,1-6H2,(H,12,14). The summed E-state index contributed by atoms with van der Waals surface area (Å²) in [5, 5.41) is 15.1. The van der Waals surface area contributed by atoms with Gasteiger partial charge >= 0.3 is 0 Å². The van der Waals surface area contributed by atoms with Crippen molar-refractivity contribution in [2.24, 2.45) is 0 Å². The molecule has 1 aliphatic rings. The summed E-state index contributed by atoms with van der Waals surface area (Å²) < 4.78 is 0. The van der Waals surface area contributed by atoms with E-state index in [9.17, 15) is 9.90 Å². The van der Waals surface area contributed by atoms with E-state index < -0.39 is 6.10 Å². The van der Waals surface area contributed by atoms with E-state index >= 15 is 0 Å². The lowest BCUT2D eigenvalue weighted by atomic mass is 10.2. The third-order valence-electron chi connectivity index (χ3n) is 2.26. The SMILES string of the molecule is O=C1CCCCC(NCC(O)CCl)N1. The number of halogens is 1. The maximum atomic E-state index is 11.2. The first kappa shape index (κ1) is 11.8. The Labute approximate surface area is 89.0 Å². The molecule has 4 nitrogen and oxygen atoms in total. The molecule has 0 aliphatic carbocycles. The molecule has 0 spiro atoms. The highest BCUT2D eigenvalue weighted by Crippen LogP contribution is 2.07. The van der Waals surface area contributed by atoms with Crippen molar-refractivity contribution in [1.29, 1.82) is 0 Å². The van der Waals surface area contributed by atoms with Crippen molar-refractivity contribution in [3.8, 4) is 0 Å². The van der Waals surface area contributed by atoms with Crippen molar-refractivity contribution in [3.05, 3.63) is 0 Å². The zero-order valence-corrected chi connectivity index (χ0v) is 8.89. The number of aliphatic hydroxyl groups is 1. The number of carbonyl (C=O) groups excluding carboxylic acids is 1. The Bertz CT molecular complexity index is 190. The first-order valence-corrected chi connectivity index (χ1v) is 5.52. The molecule has 14 heavy (non-hydrogen) atoms. The zero-order valence-electron chi connectivity index (χ0n) is 8.13. The lowest BCUT2D eigenvalue weighted by Gasteiger charge is -2.19. The molecule has 2 unspecified atom stereocenters. The summed E-state index contributed by atoms with van der Waals surface area (Å²) in [4.78, 5) is 11.2. The van der Waals surface area contributed by atoms with Crippen LogP contribution in [0.4, 0.5) is 0 Å². The maximum absolute atomic E-state index is 11.2. The molecule has 1 saturated heterocycles.